The van der Waals surface area contributed by atoms with Crippen LogP contribution in [-0.2, 0) is 4.79 Å². The molecule has 2 aromatic heterocycles. The van der Waals surface area contributed by atoms with Crippen molar-refractivity contribution in [1.82, 2.24) is 24.6 Å². The summed E-state index contributed by atoms with van der Waals surface area (Å²) in [5.41, 5.74) is 5.24. The molecular formula is C31H36FN7O3. The number of ether oxygens (including phenoxy) is 1. The average Bonchev–Trinajstić information content (AvgIpc) is 3.46. The lowest BCUT2D eigenvalue weighted by atomic mass is 9.94. The van der Waals surface area contributed by atoms with Crippen molar-refractivity contribution in [3.63, 3.8) is 0 Å². The van der Waals surface area contributed by atoms with Crippen molar-refractivity contribution in [2.45, 2.75) is 25.8 Å². The molecule has 220 valence electrons. The van der Waals surface area contributed by atoms with E-state index < -0.39 is 5.82 Å². The van der Waals surface area contributed by atoms with Crippen LogP contribution in [0, 0.1) is 18.7 Å². The van der Waals surface area contributed by atoms with E-state index >= 15 is 0 Å². The zero-order valence-corrected chi connectivity index (χ0v) is 23.9. The molecule has 2 aromatic carbocycles. The van der Waals surface area contributed by atoms with Crippen LogP contribution in [0.25, 0.3) is 16.9 Å². The Morgan fingerprint density at radius 1 is 1.17 bits per heavy atom. The van der Waals surface area contributed by atoms with E-state index in [2.05, 4.69) is 44.6 Å². The lowest BCUT2D eigenvalue weighted by Crippen LogP contribution is -2.55. The zero-order chi connectivity index (χ0) is 29.2. The van der Waals surface area contributed by atoms with E-state index in [1.54, 1.807) is 30.7 Å². The number of piperazine rings is 1. The number of nitrogens with zero attached hydrogens (tertiary/aromatic N) is 5. The number of aliphatic hydroxyl groups excluding tert-OH is 1. The number of hydrogen-bond acceptors (Lipinski definition) is 8. The molecule has 1 atom stereocenters. The minimum absolute atomic E-state index is 0.0281. The summed E-state index contributed by atoms with van der Waals surface area (Å²) in [6, 6.07) is 11.0. The fourth-order valence-electron chi connectivity index (χ4n) is 6.04. The summed E-state index contributed by atoms with van der Waals surface area (Å²) in [5.74, 6) is 0.604. The summed E-state index contributed by atoms with van der Waals surface area (Å²) < 4.78 is 21.3. The highest BCUT2D eigenvalue weighted by Crippen LogP contribution is 2.32. The van der Waals surface area contributed by atoms with E-state index in [0.29, 0.717) is 30.1 Å². The molecule has 4 heterocycles. The molecule has 0 aliphatic carbocycles. The number of fused-ring (bicyclic) bond motifs is 1. The van der Waals surface area contributed by atoms with Gasteiger partial charge in [-0.05, 0) is 61.7 Å². The number of piperidine rings is 1. The number of carbonyl (C=O) groups is 1. The van der Waals surface area contributed by atoms with Gasteiger partial charge in [-0.1, -0.05) is 0 Å². The first-order valence-corrected chi connectivity index (χ1v) is 14.4. The number of carbonyl (C=O) groups excluding carboxylic acids is 1. The highest BCUT2D eigenvalue weighted by Gasteiger charge is 2.31. The number of anilines is 3. The molecule has 2 fully saturated rings. The second kappa shape index (κ2) is 11.9. The van der Waals surface area contributed by atoms with Gasteiger partial charge in [0.1, 0.15) is 0 Å². The lowest BCUT2D eigenvalue weighted by molar-refractivity contribution is -0.137. The van der Waals surface area contributed by atoms with Crippen molar-refractivity contribution in [2.75, 3.05) is 56.7 Å². The molecule has 6 rings (SSSR count). The third-order valence-corrected chi connectivity index (χ3v) is 8.31. The number of rotatable bonds is 7. The first kappa shape index (κ1) is 27.9. The van der Waals surface area contributed by atoms with E-state index in [-0.39, 0.29) is 30.2 Å². The van der Waals surface area contributed by atoms with E-state index in [9.17, 15) is 14.3 Å². The maximum absolute atomic E-state index is 14.4. The summed E-state index contributed by atoms with van der Waals surface area (Å²) in [6.45, 7) is 5.78. The number of benzene rings is 2. The second-order valence-corrected chi connectivity index (χ2v) is 11.0. The molecule has 11 heteroatoms. The lowest BCUT2D eigenvalue weighted by Gasteiger charge is -2.38. The van der Waals surface area contributed by atoms with Crippen molar-refractivity contribution in [2.24, 2.45) is 5.92 Å². The van der Waals surface area contributed by atoms with Gasteiger partial charge in [0.25, 0.3) is 0 Å². The maximum atomic E-state index is 14.4. The molecule has 0 saturated carbocycles. The topological polar surface area (TPSA) is 107 Å². The summed E-state index contributed by atoms with van der Waals surface area (Å²) >= 11 is 0. The van der Waals surface area contributed by atoms with Crippen molar-refractivity contribution in [3.8, 4) is 17.0 Å². The van der Waals surface area contributed by atoms with Crippen molar-refractivity contribution in [1.29, 1.82) is 0 Å². The predicted octanol–water partition coefficient (Wildman–Crippen LogP) is 3.61. The first-order chi connectivity index (χ1) is 20.4. The van der Waals surface area contributed by atoms with Gasteiger partial charge in [0.05, 0.1) is 25.6 Å². The molecule has 10 nitrogen and oxygen atoms in total. The van der Waals surface area contributed by atoms with Crippen LogP contribution in [0.1, 0.15) is 18.4 Å². The van der Waals surface area contributed by atoms with Gasteiger partial charge in [-0.2, -0.15) is 0 Å². The van der Waals surface area contributed by atoms with E-state index in [1.165, 1.54) is 13.2 Å². The number of aromatic nitrogens is 3. The number of halogens is 1. The predicted molar refractivity (Wildman–Crippen MR) is 160 cm³/mol. The third-order valence-electron chi connectivity index (χ3n) is 8.31. The molecule has 0 bridgehead atoms. The number of nitrogens with one attached hydrogen (secondary N) is 2. The molecule has 2 aliphatic rings. The van der Waals surface area contributed by atoms with E-state index in [0.717, 1.165) is 55.1 Å². The minimum Gasteiger partial charge on any atom is -0.494 e. The number of aryl methyl sites for hydroxylation is 1. The van der Waals surface area contributed by atoms with Crippen LogP contribution in [0.15, 0.2) is 55.0 Å². The fourth-order valence-corrected chi connectivity index (χ4v) is 6.04. The SMILES string of the molecule is COc1ccc(-c2cnc3c(Nc4ccc(N5CCC(C(=O)N6CCNC(CO)C6)CC5)c(C)c4)nccn23)cc1F. The van der Waals surface area contributed by atoms with Gasteiger partial charge in [-0.15, -0.1) is 0 Å². The van der Waals surface area contributed by atoms with Crippen LogP contribution in [0.2, 0.25) is 0 Å². The maximum Gasteiger partial charge on any atom is 0.225 e. The molecule has 42 heavy (non-hydrogen) atoms. The van der Waals surface area contributed by atoms with Gasteiger partial charge in [0.2, 0.25) is 5.91 Å². The van der Waals surface area contributed by atoms with Crippen molar-refractivity contribution < 1.29 is 19.0 Å². The van der Waals surface area contributed by atoms with Gasteiger partial charge in [-0.3, -0.25) is 9.20 Å². The van der Waals surface area contributed by atoms with Gasteiger partial charge in [0, 0.05) is 74.0 Å². The highest BCUT2D eigenvalue weighted by atomic mass is 19.1. The van der Waals surface area contributed by atoms with Crippen LogP contribution in [0.5, 0.6) is 5.75 Å². The van der Waals surface area contributed by atoms with Crippen LogP contribution < -0.4 is 20.3 Å². The Labute approximate surface area is 244 Å². The normalized spacial score (nSPS) is 18.0. The van der Waals surface area contributed by atoms with Gasteiger partial charge in [0.15, 0.2) is 23.0 Å². The zero-order valence-electron chi connectivity index (χ0n) is 23.9. The molecule has 1 unspecified atom stereocenters. The summed E-state index contributed by atoms with van der Waals surface area (Å²) in [5, 5.41) is 16.1. The monoisotopic (exact) mass is 573 g/mol. The number of imidazole rings is 1. The Kier molecular flexibility index (Phi) is 7.94. The highest BCUT2D eigenvalue weighted by molar-refractivity contribution is 5.80. The van der Waals surface area contributed by atoms with E-state index in [4.69, 9.17) is 4.74 Å². The van der Waals surface area contributed by atoms with Crippen molar-refractivity contribution in [3.05, 3.63) is 66.4 Å². The summed E-state index contributed by atoms with van der Waals surface area (Å²) in [4.78, 5) is 26.5. The molecule has 2 saturated heterocycles. The Hall–Kier alpha value is -4.22. The molecule has 2 aliphatic heterocycles. The Balaban J connectivity index is 1.13. The van der Waals surface area contributed by atoms with Crippen LogP contribution >= 0.6 is 0 Å². The summed E-state index contributed by atoms with van der Waals surface area (Å²) in [7, 11) is 1.44. The standard InChI is InChI=1S/C31H36FN7O3/c1-20-15-23(4-5-26(20)37-11-7-21(8-12-37)31(41)38-13-9-33-24(18-38)19-40)36-29-30-35-17-27(39(30)14-10-34-29)22-3-6-28(42-2)25(32)16-22/h3-6,10,14-17,21,24,33,40H,7-9,11-13,18-19H2,1-2H3,(H,34,36). The Morgan fingerprint density at radius 2 is 2.00 bits per heavy atom. The minimum atomic E-state index is -0.431. The largest absolute Gasteiger partial charge is 0.494 e. The molecular weight excluding hydrogens is 537 g/mol. The number of aliphatic hydroxyl groups is 1. The molecule has 0 radical (unpaired) electrons. The Morgan fingerprint density at radius 3 is 2.74 bits per heavy atom. The fraction of sp³-hybridized carbons (Fsp3) is 0.387. The third kappa shape index (κ3) is 5.49. The van der Waals surface area contributed by atoms with E-state index in [1.807, 2.05) is 15.4 Å². The smallest absolute Gasteiger partial charge is 0.225 e. The van der Waals surface area contributed by atoms with Crippen LogP contribution in [0.3, 0.4) is 0 Å². The molecule has 3 N–H and O–H groups in total. The quantitative estimate of drug-likeness (QED) is 0.308. The average molecular weight is 574 g/mol. The summed E-state index contributed by atoms with van der Waals surface area (Å²) in [6.07, 6.45) is 6.84. The van der Waals surface area contributed by atoms with Crippen molar-refractivity contribution >= 4 is 28.7 Å². The number of hydrogen-bond donors (Lipinski definition) is 3. The van der Waals surface area contributed by atoms with Crippen LogP contribution in [0.4, 0.5) is 21.6 Å². The molecule has 4 aromatic rings. The van der Waals surface area contributed by atoms with Gasteiger partial charge >= 0.3 is 0 Å². The second-order valence-electron chi connectivity index (χ2n) is 11.0. The van der Waals surface area contributed by atoms with Gasteiger partial charge in [-0.25, -0.2) is 14.4 Å². The van der Waals surface area contributed by atoms with Gasteiger partial charge < -0.3 is 30.3 Å². The number of methoxy groups -OCH3 is 1. The van der Waals surface area contributed by atoms with Crippen LogP contribution in [-0.4, -0.2) is 82.8 Å². The molecule has 0 spiro atoms. The first-order valence-electron chi connectivity index (χ1n) is 14.4. The number of amides is 1. The molecule has 1 amide bonds. The Bertz CT molecular complexity index is 1580.